The molecule has 3 rings (SSSR count). The summed E-state index contributed by atoms with van der Waals surface area (Å²) in [4.78, 5) is 27.2. The highest BCUT2D eigenvalue weighted by Gasteiger charge is 2.10. The summed E-state index contributed by atoms with van der Waals surface area (Å²) in [5.41, 5.74) is 6.43. The SMILES string of the molecule is NC(=O)OC/C(=C/F)Cn1ncn(-c2cccc(C#Cc3cccnc3)c2)c1=O. The van der Waals surface area contributed by atoms with Crippen LogP contribution in [0.3, 0.4) is 0 Å². The monoisotopic (exact) mass is 393 g/mol. The number of aromatic nitrogens is 4. The maximum absolute atomic E-state index is 13.0. The first kappa shape index (κ1) is 19.6. The number of halogens is 1. The molecule has 0 atom stereocenters. The molecular formula is C20H16FN5O3. The molecule has 0 aliphatic rings. The number of hydrogen-bond acceptors (Lipinski definition) is 5. The smallest absolute Gasteiger partial charge is 0.404 e. The first-order chi connectivity index (χ1) is 14.1. The first-order valence-corrected chi connectivity index (χ1v) is 8.44. The minimum Gasteiger partial charge on any atom is -0.445 e. The second kappa shape index (κ2) is 9.14. The topological polar surface area (TPSA) is 105 Å². The van der Waals surface area contributed by atoms with Crippen LogP contribution >= 0.6 is 0 Å². The van der Waals surface area contributed by atoms with Crippen LogP contribution in [0.1, 0.15) is 11.1 Å². The molecule has 1 aromatic carbocycles. The fourth-order valence-corrected chi connectivity index (χ4v) is 2.41. The molecule has 9 heteroatoms. The molecule has 1 amide bonds. The third-order valence-corrected chi connectivity index (χ3v) is 3.78. The average molecular weight is 393 g/mol. The number of benzene rings is 1. The lowest BCUT2D eigenvalue weighted by Crippen LogP contribution is -2.26. The summed E-state index contributed by atoms with van der Waals surface area (Å²) in [6.45, 7) is -0.555. The highest BCUT2D eigenvalue weighted by atomic mass is 19.1. The van der Waals surface area contributed by atoms with Gasteiger partial charge in [-0.05, 0) is 30.3 Å². The van der Waals surface area contributed by atoms with Crippen LogP contribution in [0.5, 0.6) is 0 Å². The van der Waals surface area contributed by atoms with Gasteiger partial charge in [0.15, 0.2) is 0 Å². The second-order valence-electron chi connectivity index (χ2n) is 5.86. The van der Waals surface area contributed by atoms with E-state index in [0.717, 1.165) is 10.2 Å². The first-order valence-electron chi connectivity index (χ1n) is 8.44. The summed E-state index contributed by atoms with van der Waals surface area (Å²) in [7, 11) is 0. The van der Waals surface area contributed by atoms with Gasteiger partial charge in [0.05, 0.1) is 18.6 Å². The molecule has 2 aromatic heterocycles. The van der Waals surface area contributed by atoms with Crippen LogP contribution in [0.15, 0.2) is 71.8 Å². The average Bonchev–Trinajstić information content (AvgIpc) is 3.10. The van der Waals surface area contributed by atoms with E-state index in [1.807, 2.05) is 12.1 Å². The van der Waals surface area contributed by atoms with Crippen molar-refractivity contribution in [2.24, 2.45) is 5.73 Å². The molecule has 0 saturated heterocycles. The fraction of sp³-hybridized carbons (Fsp3) is 0.100. The van der Waals surface area contributed by atoms with E-state index in [0.29, 0.717) is 11.3 Å². The van der Waals surface area contributed by atoms with Gasteiger partial charge in [0.2, 0.25) is 0 Å². The fourth-order valence-electron chi connectivity index (χ4n) is 2.41. The number of nitrogens with zero attached hydrogens (tertiary/aromatic N) is 4. The van der Waals surface area contributed by atoms with Crippen LogP contribution < -0.4 is 11.4 Å². The molecule has 0 fully saturated rings. The number of carbonyl (C=O) groups excluding carboxylic acids is 1. The molecule has 8 nitrogen and oxygen atoms in total. The van der Waals surface area contributed by atoms with Crippen LogP contribution in [0.2, 0.25) is 0 Å². The Labute approximate surface area is 165 Å². The largest absolute Gasteiger partial charge is 0.445 e. The van der Waals surface area contributed by atoms with Gasteiger partial charge in [0.25, 0.3) is 0 Å². The number of pyridine rings is 1. The van der Waals surface area contributed by atoms with Gasteiger partial charge >= 0.3 is 11.8 Å². The predicted molar refractivity (Wildman–Crippen MR) is 103 cm³/mol. The summed E-state index contributed by atoms with van der Waals surface area (Å²) in [6, 6.07) is 10.7. The standard InChI is InChI=1S/C20H16FN5O3/c21-10-17(13-29-19(22)27)12-26-20(28)25(14-24-26)18-5-1-3-15(9-18)6-7-16-4-2-8-23-11-16/h1-5,8-11,14H,12-13H2,(H2,22,27)/b17-10+. The summed E-state index contributed by atoms with van der Waals surface area (Å²) < 4.78 is 19.9. The number of hydrogen-bond donors (Lipinski definition) is 1. The van der Waals surface area contributed by atoms with Crippen molar-refractivity contribution >= 4 is 6.09 Å². The lowest BCUT2D eigenvalue weighted by molar-refractivity contribution is 0.164. The van der Waals surface area contributed by atoms with E-state index in [1.165, 1.54) is 10.9 Å². The van der Waals surface area contributed by atoms with Gasteiger partial charge in [-0.2, -0.15) is 5.10 Å². The van der Waals surface area contributed by atoms with Crippen molar-refractivity contribution in [3.8, 4) is 17.5 Å². The van der Waals surface area contributed by atoms with Crippen molar-refractivity contribution in [3.63, 3.8) is 0 Å². The molecule has 29 heavy (non-hydrogen) atoms. The lowest BCUT2D eigenvalue weighted by Gasteiger charge is -2.05. The summed E-state index contributed by atoms with van der Waals surface area (Å²) >= 11 is 0. The molecule has 0 aliphatic heterocycles. The maximum Gasteiger partial charge on any atom is 0.404 e. The Morgan fingerprint density at radius 2 is 2.03 bits per heavy atom. The Balaban J connectivity index is 1.81. The van der Waals surface area contributed by atoms with Crippen LogP contribution in [-0.2, 0) is 11.3 Å². The molecule has 0 aliphatic carbocycles. The Kier molecular flexibility index (Phi) is 6.17. The highest BCUT2D eigenvalue weighted by Crippen LogP contribution is 2.08. The second-order valence-corrected chi connectivity index (χ2v) is 5.86. The Bertz CT molecular complexity index is 1160. The molecule has 2 heterocycles. The zero-order valence-corrected chi connectivity index (χ0v) is 15.2. The van der Waals surface area contributed by atoms with Crippen LogP contribution in [0.25, 0.3) is 5.69 Å². The number of ether oxygens (including phenoxy) is 1. The van der Waals surface area contributed by atoms with Gasteiger partial charge in [0.1, 0.15) is 12.9 Å². The maximum atomic E-state index is 13.0. The minimum atomic E-state index is -1.04. The zero-order chi connectivity index (χ0) is 20.6. The lowest BCUT2D eigenvalue weighted by atomic mass is 10.2. The quantitative estimate of drug-likeness (QED) is 0.665. The van der Waals surface area contributed by atoms with E-state index in [1.54, 1.807) is 36.7 Å². The summed E-state index contributed by atoms with van der Waals surface area (Å²) in [6.07, 6.45) is 3.86. The minimum absolute atomic E-state index is 0.0345. The van der Waals surface area contributed by atoms with E-state index in [2.05, 4.69) is 26.7 Å². The van der Waals surface area contributed by atoms with Crippen LogP contribution in [0, 0.1) is 11.8 Å². The van der Waals surface area contributed by atoms with E-state index in [9.17, 15) is 14.0 Å². The number of rotatable bonds is 5. The van der Waals surface area contributed by atoms with Crippen molar-refractivity contribution in [3.05, 3.63) is 88.6 Å². The van der Waals surface area contributed by atoms with E-state index in [-0.39, 0.29) is 25.1 Å². The molecule has 2 N–H and O–H groups in total. The van der Waals surface area contributed by atoms with Crippen LogP contribution in [-0.4, -0.2) is 32.0 Å². The van der Waals surface area contributed by atoms with Crippen molar-refractivity contribution in [1.82, 2.24) is 19.3 Å². The Morgan fingerprint density at radius 1 is 1.24 bits per heavy atom. The molecule has 0 spiro atoms. The molecule has 0 radical (unpaired) electrons. The molecule has 0 unspecified atom stereocenters. The van der Waals surface area contributed by atoms with E-state index >= 15 is 0 Å². The van der Waals surface area contributed by atoms with Gasteiger partial charge in [-0.25, -0.2) is 23.2 Å². The van der Waals surface area contributed by atoms with Gasteiger partial charge < -0.3 is 10.5 Å². The molecule has 0 saturated carbocycles. The third-order valence-electron chi connectivity index (χ3n) is 3.78. The number of primary amides is 1. The zero-order valence-electron chi connectivity index (χ0n) is 15.2. The van der Waals surface area contributed by atoms with E-state index < -0.39 is 11.8 Å². The normalized spacial score (nSPS) is 10.9. The third kappa shape index (κ3) is 5.17. The van der Waals surface area contributed by atoms with Crippen molar-refractivity contribution in [1.29, 1.82) is 0 Å². The Morgan fingerprint density at radius 3 is 2.76 bits per heavy atom. The summed E-state index contributed by atoms with van der Waals surface area (Å²) in [5, 5.41) is 3.97. The molecular weight excluding hydrogens is 377 g/mol. The molecule has 3 aromatic rings. The van der Waals surface area contributed by atoms with E-state index in [4.69, 9.17) is 5.73 Å². The van der Waals surface area contributed by atoms with Crippen molar-refractivity contribution in [2.75, 3.05) is 6.61 Å². The van der Waals surface area contributed by atoms with Gasteiger partial charge in [0, 0.05) is 29.1 Å². The number of nitrogens with two attached hydrogens (primary N) is 1. The summed E-state index contributed by atoms with van der Waals surface area (Å²) in [5.74, 6) is 6.01. The predicted octanol–water partition coefficient (Wildman–Crippen LogP) is 1.78. The number of amides is 1. The molecule has 146 valence electrons. The Hall–Kier alpha value is -4.19. The van der Waals surface area contributed by atoms with Gasteiger partial charge in [-0.3, -0.25) is 4.98 Å². The van der Waals surface area contributed by atoms with Crippen molar-refractivity contribution in [2.45, 2.75) is 6.54 Å². The van der Waals surface area contributed by atoms with Crippen molar-refractivity contribution < 1.29 is 13.9 Å². The highest BCUT2D eigenvalue weighted by molar-refractivity contribution is 5.64. The van der Waals surface area contributed by atoms with Gasteiger partial charge in [-0.15, -0.1) is 0 Å². The number of carbonyl (C=O) groups is 1. The van der Waals surface area contributed by atoms with Crippen LogP contribution in [0.4, 0.5) is 9.18 Å². The van der Waals surface area contributed by atoms with Gasteiger partial charge in [-0.1, -0.05) is 17.9 Å². The molecule has 0 bridgehead atoms.